The zero-order chi connectivity index (χ0) is 24.4. The van der Waals surface area contributed by atoms with Crippen LogP contribution in [0.5, 0.6) is 5.75 Å². The van der Waals surface area contributed by atoms with Gasteiger partial charge < -0.3 is 4.74 Å². The standard InChI is InChI=1S/C30H47FN2O/c1-4-6-7-8-9-10-11-12-13-14-15-26-22-32-30(33-23-26)27-17-20-29(21-18-27)34-24-28(31)19-16-25(3)5-2/h17-18,20-23,25,28H,4-16,19,24H2,1-3H3/t25-,28-/m0/s1. The van der Waals surface area contributed by atoms with Crippen molar-refractivity contribution in [2.24, 2.45) is 5.92 Å². The molecule has 190 valence electrons. The summed E-state index contributed by atoms with van der Waals surface area (Å²) in [5, 5.41) is 0. The van der Waals surface area contributed by atoms with Crippen LogP contribution in [-0.2, 0) is 6.42 Å². The molecule has 0 saturated carbocycles. The highest BCUT2D eigenvalue weighted by Crippen LogP contribution is 2.21. The molecule has 0 radical (unpaired) electrons. The summed E-state index contributed by atoms with van der Waals surface area (Å²) in [7, 11) is 0. The van der Waals surface area contributed by atoms with Crippen LogP contribution in [0.2, 0.25) is 0 Å². The van der Waals surface area contributed by atoms with Gasteiger partial charge in [-0.1, -0.05) is 85.0 Å². The van der Waals surface area contributed by atoms with Gasteiger partial charge in [-0.25, -0.2) is 14.4 Å². The van der Waals surface area contributed by atoms with Crippen molar-refractivity contribution in [2.45, 2.75) is 117 Å². The van der Waals surface area contributed by atoms with Crippen LogP contribution in [0.25, 0.3) is 11.4 Å². The Bertz CT molecular complexity index is 747. The number of alkyl halides is 1. The fourth-order valence-electron chi connectivity index (χ4n) is 4.09. The molecule has 0 aliphatic rings. The Balaban J connectivity index is 1.63. The maximum atomic E-state index is 14.0. The molecule has 0 aliphatic heterocycles. The van der Waals surface area contributed by atoms with E-state index in [2.05, 4.69) is 30.7 Å². The van der Waals surface area contributed by atoms with Crippen molar-refractivity contribution in [1.82, 2.24) is 9.97 Å². The minimum absolute atomic E-state index is 0.111. The molecule has 2 rings (SSSR count). The average molecular weight is 471 g/mol. The van der Waals surface area contributed by atoms with E-state index < -0.39 is 6.17 Å². The third kappa shape index (κ3) is 11.9. The summed E-state index contributed by atoms with van der Waals surface area (Å²) in [5.74, 6) is 1.97. The number of aryl methyl sites for hydroxylation is 1. The molecule has 0 fully saturated rings. The van der Waals surface area contributed by atoms with Crippen molar-refractivity contribution >= 4 is 0 Å². The molecule has 0 saturated heterocycles. The van der Waals surface area contributed by atoms with Crippen molar-refractivity contribution in [1.29, 1.82) is 0 Å². The smallest absolute Gasteiger partial charge is 0.159 e. The Hall–Kier alpha value is -1.97. The molecular weight excluding hydrogens is 423 g/mol. The molecule has 0 spiro atoms. The Labute approximate surface area is 208 Å². The van der Waals surface area contributed by atoms with Crippen molar-refractivity contribution < 1.29 is 9.13 Å². The highest BCUT2D eigenvalue weighted by atomic mass is 19.1. The molecule has 1 aromatic carbocycles. The lowest BCUT2D eigenvalue weighted by molar-refractivity contribution is 0.179. The molecule has 1 heterocycles. The van der Waals surface area contributed by atoms with E-state index in [0.29, 0.717) is 18.1 Å². The summed E-state index contributed by atoms with van der Waals surface area (Å²) in [6.07, 6.45) is 20.1. The zero-order valence-corrected chi connectivity index (χ0v) is 21.9. The molecule has 0 N–H and O–H groups in total. The van der Waals surface area contributed by atoms with Crippen LogP contribution in [0.4, 0.5) is 4.39 Å². The first-order valence-corrected chi connectivity index (χ1v) is 13.8. The van der Waals surface area contributed by atoms with Gasteiger partial charge >= 0.3 is 0 Å². The predicted octanol–water partition coefficient (Wildman–Crippen LogP) is 9.15. The Morgan fingerprint density at radius 1 is 0.794 bits per heavy atom. The predicted molar refractivity (Wildman–Crippen MR) is 142 cm³/mol. The van der Waals surface area contributed by atoms with Crippen molar-refractivity contribution in [3.63, 3.8) is 0 Å². The number of nitrogens with zero attached hydrogens (tertiary/aromatic N) is 2. The summed E-state index contributed by atoms with van der Waals surface area (Å²) < 4.78 is 19.7. The van der Waals surface area contributed by atoms with Gasteiger partial charge in [0.15, 0.2) is 5.82 Å². The van der Waals surface area contributed by atoms with E-state index >= 15 is 0 Å². The molecule has 3 nitrogen and oxygen atoms in total. The lowest BCUT2D eigenvalue weighted by Crippen LogP contribution is -2.14. The maximum Gasteiger partial charge on any atom is 0.159 e. The van der Waals surface area contributed by atoms with Crippen molar-refractivity contribution in [3.05, 3.63) is 42.2 Å². The number of ether oxygens (including phenoxy) is 1. The van der Waals surface area contributed by atoms with Crippen LogP contribution in [0.15, 0.2) is 36.7 Å². The molecule has 34 heavy (non-hydrogen) atoms. The third-order valence-corrected chi connectivity index (χ3v) is 6.74. The van der Waals surface area contributed by atoms with Gasteiger partial charge in [0.2, 0.25) is 0 Å². The maximum absolute atomic E-state index is 14.0. The van der Waals surface area contributed by atoms with Crippen LogP contribution in [-0.4, -0.2) is 22.7 Å². The van der Waals surface area contributed by atoms with E-state index in [4.69, 9.17) is 4.74 Å². The Morgan fingerprint density at radius 3 is 1.97 bits per heavy atom. The van der Waals surface area contributed by atoms with Crippen LogP contribution < -0.4 is 4.74 Å². The summed E-state index contributed by atoms with van der Waals surface area (Å²) in [6, 6.07) is 7.63. The molecule has 0 amide bonds. The number of rotatable bonds is 19. The quantitative estimate of drug-likeness (QED) is 0.192. The van der Waals surface area contributed by atoms with E-state index in [1.54, 1.807) is 0 Å². The van der Waals surface area contributed by atoms with Gasteiger partial charge in [0.25, 0.3) is 0 Å². The minimum atomic E-state index is -0.917. The van der Waals surface area contributed by atoms with Gasteiger partial charge in [0.1, 0.15) is 18.5 Å². The summed E-state index contributed by atoms with van der Waals surface area (Å²) in [5.41, 5.74) is 2.15. The SMILES string of the molecule is CCCCCCCCCCCCc1cnc(-c2ccc(OC[C@@H](F)CC[C@@H](C)CC)cc2)nc1. The molecule has 2 aromatic rings. The monoisotopic (exact) mass is 470 g/mol. The normalized spacial score (nSPS) is 13.1. The summed E-state index contributed by atoms with van der Waals surface area (Å²) in [6.45, 7) is 6.69. The third-order valence-electron chi connectivity index (χ3n) is 6.74. The topological polar surface area (TPSA) is 35.0 Å². The van der Waals surface area contributed by atoms with Crippen molar-refractivity contribution in [2.75, 3.05) is 6.61 Å². The van der Waals surface area contributed by atoms with Gasteiger partial charge in [-0.05, 0) is 61.4 Å². The first-order valence-electron chi connectivity index (χ1n) is 13.8. The van der Waals surface area contributed by atoms with E-state index in [1.807, 2.05) is 36.7 Å². The second-order valence-electron chi connectivity index (χ2n) is 9.87. The van der Waals surface area contributed by atoms with Crippen LogP contribution in [0.1, 0.15) is 110 Å². The van der Waals surface area contributed by atoms with Gasteiger partial charge in [-0.2, -0.15) is 0 Å². The van der Waals surface area contributed by atoms with E-state index in [-0.39, 0.29) is 6.61 Å². The number of aromatic nitrogens is 2. The summed E-state index contributed by atoms with van der Waals surface area (Å²) in [4.78, 5) is 9.11. The molecule has 0 bridgehead atoms. The number of hydrogen-bond donors (Lipinski definition) is 0. The molecule has 1 aromatic heterocycles. The fraction of sp³-hybridized carbons (Fsp3) is 0.667. The van der Waals surface area contributed by atoms with Crippen LogP contribution >= 0.6 is 0 Å². The van der Waals surface area contributed by atoms with Crippen LogP contribution in [0, 0.1) is 5.92 Å². The zero-order valence-electron chi connectivity index (χ0n) is 21.9. The lowest BCUT2D eigenvalue weighted by atomic mass is 10.0. The molecule has 0 aliphatic carbocycles. The number of benzene rings is 1. The van der Waals surface area contributed by atoms with E-state index in [0.717, 1.165) is 30.7 Å². The molecular formula is C30H47FN2O. The number of hydrogen-bond acceptors (Lipinski definition) is 3. The largest absolute Gasteiger partial charge is 0.491 e. The second kappa shape index (κ2) is 17.5. The molecule has 2 atom stereocenters. The van der Waals surface area contributed by atoms with Gasteiger partial charge in [-0.3, -0.25) is 0 Å². The summed E-state index contributed by atoms with van der Waals surface area (Å²) >= 11 is 0. The first-order chi connectivity index (χ1) is 16.6. The highest BCUT2D eigenvalue weighted by molar-refractivity contribution is 5.55. The lowest BCUT2D eigenvalue weighted by Gasteiger charge is -2.13. The first kappa shape index (κ1) is 28.3. The molecule has 4 heteroatoms. The number of unbranched alkanes of at least 4 members (excludes halogenated alkanes) is 9. The van der Waals surface area contributed by atoms with Gasteiger partial charge in [0, 0.05) is 18.0 Å². The fourth-order valence-corrected chi connectivity index (χ4v) is 4.09. The minimum Gasteiger partial charge on any atom is -0.491 e. The number of halogens is 1. The Morgan fingerprint density at radius 2 is 1.38 bits per heavy atom. The highest BCUT2D eigenvalue weighted by Gasteiger charge is 2.10. The molecule has 0 unspecified atom stereocenters. The Kier molecular flexibility index (Phi) is 14.5. The van der Waals surface area contributed by atoms with Crippen LogP contribution in [0.3, 0.4) is 0 Å². The van der Waals surface area contributed by atoms with Crippen molar-refractivity contribution in [3.8, 4) is 17.1 Å². The van der Waals surface area contributed by atoms with Gasteiger partial charge in [-0.15, -0.1) is 0 Å². The average Bonchev–Trinajstić information content (AvgIpc) is 2.87. The van der Waals surface area contributed by atoms with E-state index in [9.17, 15) is 4.39 Å². The van der Waals surface area contributed by atoms with Gasteiger partial charge in [0.05, 0.1) is 0 Å². The van der Waals surface area contributed by atoms with E-state index in [1.165, 1.54) is 69.8 Å². The second-order valence-corrected chi connectivity index (χ2v) is 9.87.